The van der Waals surface area contributed by atoms with Crippen LogP contribution in [0.5, 0.6) is 0 Å². The van der Waals surface area contributed by atoms with E-state index in [1.165, 1.54) is 12.1 Å². The van der Waals surface area contributed by atoms with Crippen LogP contribution in [-0.2, 0) is 16.6 Å². The van der Waals surface area contributed by atoms with Crippen LogP contribution in [0, 0.1) is 5.82 Å². The summed E-state index contributed by atoms with van der Waals surface area (Å²) in [6.07, 6.45) is 0. The second kappa shape index (κ2) is 6.56. The minimum atomic E-state index is -3.48. The summed E-state index contributed by atoms with van der Waals surface area (Å²) in [6.45, 7) is 0. The highest BCUT2D eigenvalue weighted by atomic mass is 35.5. The molecule has 0 unspecified atom stereocenters. The van der Waals surface area contributed by atoms with Gasteiger partial charge in [0.15, 0.2) is 0 Å². The number of halogens is 2. The van der Waals surface area contributed by atoms with Crippen molar-refractivity contribution < 1.29 is 39.8 Å². The Morgan fingerprint density at radius 3 is 2.24 bits per heavy atom. The predicted molar refractivity (Wildman–Crippen MR) is 83.2 cm³/mol. The van der Waals surface area contributed by atoms with Crippen molar-refractivity contribution in [1.82, 2.24) is 0 Å². The zero-order chi connectivity index (χ0) is 19.0. The lowest BCUT2D eigenvalue weighted by Gasteiger charge is -2.24. The Hall–Kier alpha value is -2.27. The van der Waals surface area contributed by atoms with Crippen LogP contribution in [0.25, 0.3) is 0 Å². The summed E-state index contributed by atoms with van der Waals surface area (Å²) in [4.78, 5) is 11.1. The van der Waals surface area contributed by atoms with Gasteiger partial charge in [0.05, 0.1) is 10.7 Å². The van der Waals surface area contributed by atoms with Gasteiger partial charge in [0.25, 0.3) is 5.79 Å². The first-order chi connectivity index (χ1) is 11.4. The minimum absolute atomic E-state index is 0.0762. The lowest BCUT2D eigenvalue weighted by molar-refractivity contribution is -0.324. The first kappa shape index (κ1) is 19.1. The van der Waals surface area contributed by atoms with Gasteiger partial charge in [-0.15, -0.1) is 0 Å². The first-order valence-corrected chi connectivity index (χ1v) is 7.03. The Kier molecular flexibility index (Phi) is 5.00. The standard InChI is InChI=1S/C15H13ClFNO7/c16-9-2-1-3-10(17)12(9)18-11-5-4-7(15(23,24)25)6-8(11)14(21,22)13(19)20/h1-6,18,21-25H,(H,19,20). The van der Waals surface area contributed by atoms with Crippen LogP contribution in [0.1, 0.15) is 11.1 Å². The van der Waals surface area contributed by atoms with Gasteiger partial charge < -0.3 is 36.0 Å². The number of nitrogens with one attached hydrogen (secondary N) is 1. The number of carboxylic acids is 1. The molecule has 7 N–H and O–H groups in total. The molecule has 0 spiro atoms. The third-order valence-electron chi connectivity index (χ3n) is 3.30. The van der Waals surface area contributed by atoms with Crippen LogP contribution in [-0.4, -0.2) is 36.6 Å². The van der Waals surface area contributed by atoms with Gasteiger partial charge in [-0.1, -0.05) is 17.7 Å². The topological polar surface area (TPSA) is 150 Å². The van der Waals surface area contributed by atoms with E-state index in [0.29, 0.717) is 6.07 Å². The Bertz CT molecular complexity index is 800. The molecular formula is C15H13ClFNO7. The van der Waals surface area contributed by atoms with Gasteiger partial charge in [-0.3, -0.25) is 0 Å². The fraction of sp³-hybridized carbons (Fsp3) is 0.133. The van der Waals surface area contributed by atoms with Crippen molar-refractivity contribution in [2.75, 3.05) is 5.32 Å². The van der Waals surface area contributed by atoms with Crippen molar-refractivity contribution >= 4 is 28.9 Å². The molecule has 0 saturated heterocycles. The molecule has 0 radical (unpaired) electrons. The average molecular weight is 374 g/mol. The molecule has 0 saturated carbocycles. The van der Waals surface area contributed by atoms with Gasteiger partial charge in [0, 0.05) is 16.8 Å². The van der Waals surface area contributed by atoms with Crippen LogP contribution in [0.3, 0.4) is 0 Å². The third kappa shape index (κ3) is 3.87. The van der Waals surface area contributed by atoms with Crippen LogP contribution < -0.4 is 5.32 Å². The quantitative estimate of drug-likeness (QED) is 0.375. The largest absolute Gasteiger partial charge is 0.477 e. The second-order valence-electron chi connectivity index (χ2n) is 5.09. The van der Waals surface area contributed by atoms with Crippen LogP contribution in [0.15, 0.2) is 36.4 Å². The molecule has 25 heavy (non-hydrogen) atoms. The number of aliphatic carboxylic acids is 1. The average Bonchev–Trinajstić information content (AvgIpc) is 2.50. The second-order valence-corrected chi connectivity index (χ2v) is 5.50. The summed E-state index contributed by atoms with van der Waals surface area (Å²) < 4.78 is 13.9. The highest BCUT2D eigenvalue weighted by molar-refractivity contribution is 6.33. The van der Waals surface area contributed by atoms with Crippen molar-refractivity contribution in [2.24, 2.45) is 0 Å². The van der Waals surface area contributed by atoms with Gasteiger partial charge in [-0.25, -0.2) is 9.18 Å². The van der Waals surface area contributed by atoms with E-state index >= 15 is 0 Å². The molecule has 2 aromatic rings. The summed E-state index contributed by atoms with van der Waals surface area (Å²) in [6, 6.07) is 6.26. The molecule has 0 fully saturated rings. The molecule has 2 aromatic carbocycles. The summed E-state index contributed by atoms with van der Waals surface area (Å²) in [5, 5.41) is 58.5. The van der Waals surface area contributed by atoms with E-state index in [9.17, 15) is 34.7 Å². The third-order valence-corrected chi connectivity index (χ3v) is 3.62. The zero-order valence-electron chi connectivity index (χ0n) is 12.3. The highest BCUT2D eigenvalue weighted by Crippen LogP contribution is 2.35. The van der Waals surface area contributed by atoms with E-state index in [0.717, 1.165) is 18.2 Å². The Labute approximate surface area is 145 Å². The van der Waals surface area contributed by atoms with Crippen LogP contribution >= 0.6 is 11.6 Å². The molecule has 0 heterocycles. The van der Waals surface area contributed by atoms with Gasteiger partial charge in [-0.05, 0) is 30.3 Å². The number of benzene rings is 2. The number of rotatable bonds is 5. The van der Waals surface area contributed by atoms with Gasteiger partial charge in [0.1, 0.15) is 5.82 Å². The van der Waals surface area contributed by atoms with Gasteiger partial charge in [0.2, 0.25) is 0 Å². The summed E-state index contributed by atoms with van der Waals surface area (Å²) in [7, 11) is 0. The highest BCUT2D eigenvalue weighted by Gasteiger charge is 2.39. The fourth-order valence-electron chi connectivity index (χ4n) is 2.02. The smallest absolute Gasteiger partial charge is 0.369 e. The monoisotopic (exact) mass is 373 g/mol. The van der Waals surface area contributed by atoms with E-state index < -0.39 is 34.7 Å². The maximum atomic E-state index is 13.9. The number of hydrogen-bond donors (Lipinski definition) is 7. The maximum Gasteiger partial charge on any atom is 0.369 e. The lowest BCUT2D eigenvalue weighted by atomic mass is 9.99. The molecule has 2 rings (SSSR count). The fourth-order valence-corrected chi connectivity index (χ4v) is 2.23. The predicted octanol–water partition coefficient (Wildman–Crippen LogP) is 0.532. The minimum Gasteiger partial charge on any atom is -0.477 e. The number of carboxylic acid groups (broad SMARTS) is 1. The molecule has 0 aliphatic rings. The van der Waals surface area contributed by atoms with E-state index in [-0.39, 0.29) is 16.4 Å². The number of para-hydroxylation sites is 1. The molecule has 0 amide bonds. The van der Waals surface area contributed by atoms with Crippen molar-refractivity contribution in [3.05, 3.63) is 58.4 Å². The Morgan fingerprint density at radius 1 is 1.08 bits per heavy atom. The molecule has 0 aromatic heterocycles. The van der Waals surface area contributed by atoms with Crippen molar-refractivity contribution in [3.63, 3.8) is 0 Å². The van der Waals surface area contributed by atoms with Crippen molar-refractivity contribution in [1.29, 1.82) is 0 Å². The molecular weight excluding hydrogens is 361 g/mol. The number of aliphatic hydroxyl groups is 5. The Morgan fingerprint density at radius 2 is 1.72 bits per heavy atom. The van der Waals surface area contributed by atoms with Crippen molar-refractivity contribution in [3.8, 4) is 0 Å². The van der Waals surface area contributed by atoms with Crippen LogP contribution in [0.2, 0.25) is 5.02 Å². The van der Waals surface area contributed by atoms with E-state index in [2.05, 4.69) is 5.32 Å². The maximum absolute atomic E-state index is 13.9. The number of anilines is 2. The summed E-state index contributed by atoms with van der Waals surface area (Å²) in [5.41, 5.74) is -2.03. The van der Waals surface area contributed by atoms with Crippen molar-refractivity contribution in [2.45, 2.75) is 11.8 Å². The molecule has 10 heteroatoms. The number of carbonyl (C=O) groups is 1. The molecule has 0 bridgehead atoms. The molecule has 0 aliphatic carbocycles. The van der Waals surface area contributed by atoms with E-state index in [4.69, 9.17) is 16.7 Å². The molecule has 0 aliphatic heterocycles. The summed E-state index contributed by atoms with van der Waals surface area (Å²) >= 11 is 5.85. The Balaban J connectivity index is 2.63. The molecule has 8 nitrogen and oxygen atoms in total. The molecule has 0 atom stereocenters. The first-order valence-electron chi connectivity index (χ1n) is 6.66. The summed E-state index contributed by atoms with van der Waals surface area (Å²) in [5.74, 6) is -9.74. The van der Waals surface area contributed by atoms with E-state index in [1.807, 2.05) is 0 Å². The van der Waals surface area contributed by atoms with Crippen LogP contribution in [0.4, 0.5) is 15.8 Å². The molecule has 134 valence electrons. The SMILES string of the molecule is O=C(O)C(O)(O)c1cc(C(O)(O)O)ccc1Nc1c(F)cccc1Cl. The number of hydrogen-bond acceptors (Lipinski definition) is 7. The normalized spacial score (nSPS) is 12.1. The van der Waals surface area contributed by atoms with Gasteiger partial charge >= 0.3 is 11.9 Å². The van der Waals surface area contributed by atoms with E-state index in [1.54, 1.807) is 0 Å². The zero-order valence-corrected chi connectivity index (χ0v) is 13.1. The lowest BCUT2D eigenvalue weighted by Crippen LogP contribution is -2.36. The van der Waals surface area contributed by atoms with Gasteiger partial charge in [-0.2, -0.15) is 0 Å².